The average Bonchev–Trinajstić information content (AvgIpc) is 2.93. The molecule has 1 aromatic carbocycles. The number of rotatable bonds is 5. The SMILES string of the molecule is CCC(CC(=O)OC)NC(=O)c1ccc2c(c1)CCC2. The quantitative estimate of drug-likeness (QED) is 0.839. The summed E-state index contributed by atoms with van der Waals surface area (Å²) in [4.78, 5) is 23.5. The molecule has 108 valence electrons. The Morgan fingerprint density at radius 1 is 1.30 bits per heavy atom. The van der Waals surface area contributed by atoms with Crippen LogP contribution in [0.3, 0.4) is 0 Å². The summed E-state index contributed by atoms with van der Waals surface area (Å²) in [6, 6.07) is 5.70. The highest BCUT2D eigenvalue weighted by Gasteiger charge is 2.18. The number of ether oxygens (including phenoxy) is 1. The van der Waals surface area contributed by atoms with Gasteiger partial charge >= 0.3 is 5.97 Å². The molecular weight excluding hydrogens is 254 g/mol. The number of methoxy groups -OCH3 is 1. The summed E-state index contributed by atoms with van der Waals surface area (Å²) in [6.07, 6.45) is 4.24. The Morgan fingerprint density at radius 2 is 2.05 bits per heavy atom. The standard InChI is InChI=1S/C16H21NO3/c1-3-14(10-15(18)20-2)17-16(19)13-8-7-11-5-4-6-12(11)9-13/h7-9,14H,3-6,10H2,1-2H3,(H,17,19). The van der Waals surface area contributed by atoms with E-state index >= 15 is 0 Å². The van der Waals surface area contributed by atoms with Gasteiger partial charge in [-0.1, -0.05) is 13.0 Å². The van der Waals surface area contributed by atoms with Crippen molar-refractivity contribution in [1.29, 1.82) is 0 Å². The third-order valence-electron chi connectivity index (χ3n) is 3.83. The van der Waals surface area contributed by atoms with E-state index in [4.69, 9.17) is 0 Å². The number of fused-ring (bicyclic) bond motifs is 1. The maximum absolute atomic E-state index is 12.2. The van der Waals surface area contributed by atoms with Crippen LogP contribution in [0.15, 0.2) is 18.2 Å². The summed E-state index contributed by atoms with van der Waals surface area (Å²) in [5, 5.41) is 2.90. The largest absolute Gasteiger partial charge is 0.469 e. The van der Waals surface area contributed by atoms with E-state index in [1.54, 1.807) is 0 Å². The Labute approximate surface area is 119 Å². The normalized spacial score (nSPS) is 14.5. The van der Waals surface area contributed by atoms with Crippen LogP contribution in [0.1, 0.15) is 47.7 Å². The van der Waals surface area contributed by atoms with Crippen LogP contribution in [-0.4, -0.2) is 25.0 Å². The summed E-state index contributed by atoms with van der Waals surface area (Å²) >= 11 is 0. The van der Waals surface area contributed by atoms with Gasteiger partial charge in [-0.25, -0.2) is 0 Å². The lowest BCUT2D eigenvalue weighted by Gasteiger charge is -2.16. The minimum Gasteiger partial charge on any atom is -0.469 e. The molecule has 1 N–H and O–H groups in total. The molecule has 0 radical (unpaired) electrons. The number of nitrogens with one attached hydrogen (secondary N) is 1. The molecule has 1 aromatic rings. The smallest absolute Gasteiger partial charge is 0.307 e. The minimum atomic E-state index is -0.300. The van der Waals surface area contributed by atoms with Crippen LogP contribution < -0.4 is 5.32 Å². The Balaban J connectivity index is 2.01. The van der Waals surface area contributed by atoms with Gasteiger partial charge in [0, 0.05) is 11.6 Å². The number of hydrogen-bond acceptors (Lipinski definition) is 3. The molecule has 1 amide bonds. The summed E-state index contributed by atoms with van der Waals surface area (Å²) in [7, 11) is 1.36. The number of carbonyl (C=O) groups excluding carboxylic acids is 2. The van der Waals surface area contributed by atoms with Crippen molar-refractivity contribution in [2.24, 2.45) is 0 Å². The highest BCUT2D eigenvalue weighted by Crippen LogP contribution is 2.22. The van der Waals surface area contributed by atoms with Gasteiger partial charge in [-0.2, -0.15) is 0 Å². The zero-order valence-corrected chi connectivity index (χ0v) is 12.1. The van der Waals surface area contributed by atoms with Crippen molar-refractivity contribution in [3.8, 4) is 0 Å². The van der Waals surface area contributed by atoms with Gasteiger partial charge in [0.1, 0.15) is 0 Å². The van der Waals surface area contributed by atoms with Crippen LogP contribution in [0.25, 0.3) is 0 Å². The first-order valence-electron chi connectivity index (χ1n) is 7.13. The number of aryl methyl sites for hydroxylation is 2. The molecule has 0 saturated carbocycles. The lowest BCUT2D eigenvalue weighted by atomic mass is 10.0. The fourth-order valence-corrected chi connectivity index (χ4v) is 2.56. The highest BCUT2D eigenvalue weighted by molar-refractivity contribution is 5.95. The predicted octanol–water partition coefficient (Wildman–Crippen LogP) is 2.25. The van der Waals surface area contributed by atoms with E-state index in [0.717, 1.165) is 12.8 Å². The molecule has 1 atom stereocenters. The second kappa shape index (κ2) is 6.55. The average molecular weight is 275 g/mol. The molecule has 1 aliphatic carbocycles. The second-order valence-corrected chi connectivity index (χ2v) is 5.20. The number of hydrogen-bond donors (Lipinski definition) is 1. The first-order valence-corrected chi connectivity index (χ1v) is 7.13. The predicted molar refractivity (Wildman–Crippen MR) is 76.6 cm³/mol. The fraction of sp³-hybridized carbons (Fsp3) is 0.500. The van der Waals surface area contributed by atoms with Crippen LogP contribution in [0, 0.1) is 0 Å². The number of carbonyl (C=O) groups is 2. The van der Waals surface area contributed by atoms with Crippen LogP contribution in [0.5, 0.6) is 0 Å². The molecule has 4 nitrogen and oxygen atoms in total. The summed E-state index contributed by atoms with van der Waals surface area (Å²) in [5.41, 5.74) is 3.30. The first kappa shape index (κ1) is 14.6. The molecule has 0 bridgehead atoms. The minimum absolute atomic E-state index is 0.115. The van der Waals surface area contributed by atoms with Crippen molar-refractivity contribution in [1.82, 2.24) is 5.32 Å². The molecule has 0 heterocycles. The van der Waals surface area contributed by atoms with Crippen molar-refractivity contribution < 1.29 is 14.3 Å². The molecule has 0 spiro atoms. The summed E-state index contributed by atoms with van der Waals surface area (Å²) < 4.78 is 4.64. The van der Waals surface area contributed by atoms with Gasteiger partial charge in [0.25, 0.3) is 5.91 Å². The van der Waals surface area contributed by atoms with E-state index in [1.807, 2.05) is 25.1 Å². The van der Waals surface area contributed by atoms with Gasteiger partial charge in [0.2, 0.25) is 0 Å². The maximum Gasteiger partial charge on any atom is 0.307 e. The van der Waals surface area contributed by atoms with E-state index in [0.29, 0.717) is 12.0 Å². The summed E-state index contributed by atoms with van der Waals surface area (Å²) in [6.45, 7) is 1.94. The van der Waals surface area contributed by atoms with Crippen molar-refractivity contribution in [3.63, 3.8) is 0 Å². The van der Waals surface area contributed by atoms with Gasteiger partial charge in [-0.15, -0.1) is 0 Å². The molecule has 2 rings (SSSR count). The Hall–Kier alpha value is -1.84. The van der Waals surface area contributed by atoms with Crippen molar-refractivity contribution >= 4 is 11.9 Å². The van der Waals surface area contributed by atoms with E-state index in [9.17, 15) is 9.59 Å². The molecule has 1 unspecified atom stereocenters. The molecule has 0 aromatic heterocycles. The number of esters is 1. The third-order valence-corrected chi connectivity index (χ3v) is 3.83. The second-order valence-electron chi connectivity index (χ2n) is 5.20. The molecule has 1 aliphatic rings. The maximum atomic E-state index is 12.2. The van der Waals surface area contributed by atoms with Crippen LogP contribution >= 0.6 is 0 Å². The zero-order valence-electron chi connectivity index (χ0n) is 12.1. The van der Waals surface area contributed by atoms with Crippen LogP contribution in [0.4, 0.5) is 0 Å². The highest BCUT2D eigenvalue weighted by atomic mass is 16.5. The Kier molecular flexibility index (Phi) is 4.77. The molecular formula is C16H21NO3. The van der Waals surface area contributed by atoms with Gasteiger partial charge < -0.3 is 10.1 Å². The van der Waals surface area contributed by atoms with Crippen LogP contribution in [0.2, 0.25) is 0 Å². The molecule has 0 aliphatic heterocycles. The van der Waals surface area contributed by atoms with Crippen molar-refractivity contribution in [2.75, 3.05) is 7.11 Å². The van der Waals surface area contributed by atoms with E-state index in [1.165, 1.54) is 24.7 Å². The van der Waals surface area contributed by atoms with Gasteiger partial charge in [0.15, 0.2) is 0 Å². The number of benzene rings is 1. The van der Waals surface area contributed by atoms with E-state index in [2.05, 4.69) is 10.1 Å². The van der Waals surface area contributed by atoms with Crippen molar-refractivity contribution in [2.45, 2.75) is 45.1 Å². The molecule has 0 fully saturated rings. The Bertz CT molecular complexity index is 510. The number of amides is 1. The molecule has 20 heavy (non-hydrogen) atoms. The zero-order chi connectivity index (χ0) is 14.5. The van der Waals surface area contributed by atoms with Crippen molar-refractivity contribution in [3.05, 3.63) is 34.9 Å². The lowest BCUT2D eigenvalue weighted by Crippen LogP contribution is -2.36. The van der Waals surface area contributed by atoms with E-state index in [-0.39, 0.29) is 24.3 Å². The van der Waals surface area contributed by atoms with Gasteiger partial charge in [-0.3, -0.25) is 9.59 Å². The monoisotopic (exact) mass is 275 g/mol. The third kappa shape index (κ3) is 3.38. The van der Waals surface area contributed by atoms with E-state index < -0.39 is 0 Å². The molecule has 4 heteroatoms. The molecule has 0 saturated heterocycles. The topological polar surface area (TPSA) is 55.4 Å². The fourth-order valence-electron chi connectivity index (χ4n) is 2.56. The van der Waals surface area contributed by atoms with Crippen LogP contribution in [-0.2, 0) is 22.4 Å². The van der Waals surface area contributed by atoms with Gasteiger partial charge in [-0.05, 0) is 48.9 Å². The van der Waals surface area contributed by atoms with Gasteiger partial charge in [0.05, 0.1) is 13.5 Å². The summed E-state index contributed by atoms with van der Waals surface area (Å²) in [5.74, 6) is -0.415. The lowest BCUT2D eigenvalue weighted by molar-refractivity contribution is -0.141. The first-order chi connectivity index (χ1) is 9.63. The Morgan fingerprint density at radius 3 is 2.75 bits per heavy atom.